The molecule has 2 rings (SSSR count). The first-order valence-electron chi connectivity index (χ1n) is 6.42. The molecule has 0 radical (unpaired) electrons. The molecule has 2 aliphatic rings. The Hall–Kier alpha value is -0.700. The van der Waals surface area contributed by atoms with Crippen molar-refractivity contribution < 1.29 is 23.1 Å². The lowest BCUT2D eigenvalue weighted by Crippen LogP contribution is -2.54. The molecule has 2 aliphatic heterocycles. The maximum atomic E-state index is 12.2. The number of hydrogen-bond acceptors (Lipinski definition) is 4. The quantitative estimate of drug-likeness (QED) is 0.748. The molecule has 0 aliphatic carbocycles. The van der Waals surface area contributed by atoms with Gasteiger partial charge in [-0.25, -0.2) is 0 Å². The zero-order valence-corrected chi connectivity index (χ0v) is 11.8. The smallest absolute Gasteiger partial charge is 0.306 e. The largest absolute Gasteiger partial charge is 0.481 e. The van der Waals surface area contributed by atoms with Gasteiger partial charge < -0.3 is 9.84 Å². The zero-order chi connectivity index (χ0) is 14.1. The molecule has 7 nitrogen and oxygen atoms in total. The third-order valence-corrected chi connectivity index (χ3v) is 5.53. The van der Waals surface area contributed by atoms with E-state index in [2.05, 4.69) is 4.72 Å². The highest BCUT2D eigenvalue weighted by atomic mass is 32.2. The average Bonchev–Trinajstić information content (AvgIpc) is 2.75. The number of nitrogens with zero attached hydrogens (tertiary/aromatic N) is 1. The fourth-order valence-corrected chi connectivity index (χ4v) is 4.07. The van der Waals surface area contributed by atoms with Crippen molar-refractivity contribution >= 4 is 16.2 Å². The van der Waals surface area contributed by atoms with Gasteiger partial charge in [-0.1, -0.05) is 0 Å². The molecular weight excluding hydrogens is 272 g/mol. The number of piperidine rings is 1. The molecule has 0 aromatic carbocycles. The van der Waals surface area contributed by atoms with Crippen LogP contribution in [0.5, 0.6) is 0 Å². The molecule has 2 heterocycles. The van der Waals surface area contributed by atoms with Gasteiger partial charge in [0.1, 0.15) is 0 Å². The summed E-state index contributed by atoms with van der Waals surface area (Å²) in [5.41, 5.74) is -0.553. The van der Waals surface area contributed by atoms with Gasteiger partial charge in [-0.2, -0.15) is 17.4 Å². The van der Waals surface area contributed by atoms with Crippen LogP contribution in [0.15, 0.2) is 0 Å². The molecule has 0 aromatic heterocycles. The Morgan fingerprint density at radius 1 is 1.42 bits per heavy atom. The molecule has 0 amide bonds. The van der Waals surface area contributed by atoms with Crippen molar-refractivity contribution in [1.29, 1.82) is 0 Å². The number of rotatable bonds is 4. The highest BCUT2D eigenvalue weighted by molar-refractivity contribution is 7.87. The summed E-state index contributed by atoms with van der Waals surface area (Å²) in [5.74, 6) is -1.28. The van der Waals surface area contributed by atoms with E-state index in [-0.39, 0.29) is 13.1 Å². The normalized spacial score (nSPS) is 30.6. The van der Waals surface area contributed by atoms with Crippen LogP contribution in [0.25, 0.3) is 0 Å². The maximum Gasteiger partial charge on any atom is 0.306 e. The minimum atomic E-state index is -3.56. The van der Waals surface area contributed by atoms with Gasteiger partial charge in [0, 0.05) is 19.7 Å². The Morgan fingerprint density at radius 2 is 2.05 bits per heavy atom. The van der Waals surface area contributed by atoms with Crippen LogP contribution in [-0.4, -0.2) is 55.6 Å². The number of hydrogen-bond donors (Lipinski definition) is 2. The van der Waals surface area contributed by atoms with E-state index in [0.717, 1.165) is 0 Å². The number of carboxylic acids is 1. The molecule has 2 N–H and O–H groups in total. The van der Waals surface area contributed by atoms with Crippen LogP contribution in [0.2, 0.25) is 0 Å². The molecule has 2 fully saturated rings. The van der Waals surface area contributed by atoms with E-state index in [4.69, 9.17) is 9.84 Å². The maximum absolute atomic E-state index is 12.2. The van der Waals surface area contributed by atoms with Crippen LogP contribution in [-0.2, 0) is 19.7 Å². The SMILES string of the molecule is CC1(NS(=O)(=O)N2CCC(C(=O)O)CC2)CCOC1. The topological polar surface area (TPSA) is 95.9 Å². The van der Waals surface area contributed by atoms with E-state index in [1.807, 2.05) is 6.92 Å². The summed E-state index contributed by atoms with van der Waals surface area (Å²) >= 11 is 0. The highest BCUT2D eigenvalue weighted by Gasteiger charge is 2.38. The highest BCUT2D eigenvalue weighted by Crippen LogP contribution is 2.23. The lowest BCUT2D eigenvalue weighted by atomic mass is 9.99. The summed E-state index contributed by atoms with van der Waals surface area (Å²) in [6, 6.07) is 0. The summed E-state index contributed by atoms with van der Waals surface area (Å²) < 4.78 is 33.7. The van der Waals surface area contributed by atoms with Crippen LogP contribution in [0.4, 0.5) is 0 Å². The lowest BCUT2D eigenvalue weighted by molar-refractivity contribution is -0.142. The van der Waals surface area contributed by atoms with E-state index >= 15 is 0 Å². The Balaban J connectivity index is 1.96. The van der Waals surface area contributed by atoms with Crippen molar-refractivity contribution in [2.24, 2.45) is 5.92 Å². The summed E-state index contributed by atoms with van der Waals surface area (Å²) in [5, 5.41) is 8.90. The minimum Gasteiger partial charge on any atom is -0.481 e. The van der Waals surface area contributed by atoms with E-state index in [1.54, 1.807) is 0 Å². The van der Waals surface area contributed by atoms with Gasteiger partial charge in [0.15, 0.2) is 0 Å². The summed E-state index contributed by atoms with van der Waals surface area (Å²) in [6.45, 7) is 3.26. The van der Waals surface area contributed by atoms with Gasteiger partial charge in [0.05, 0.1) is 18.1 Å². The van der Waals surface area contributed by atoms with Crippen LogP contribution in [0.1, 0.15) is 26.2 Å². The molecule has 0 bridgehead atoms. The Bertz CT molecular complexity index is 436. The Morgan fingerprint density at radius 3 is 2.53 bits per heavy atom. The molecule has 8 heteroatoms. The first-order chi connectivity index (χ1) is 8.82. The minimum absolute atomic E-state index is 0.253. The number of carboxylic acid groups (broad SMARTS) is 1. The van der Waals surface area contributed by atoms with E-state index in [0.29, 0.717) is 32.5 Å². The Kier molecular flexibility index (Phi) is 4.14. The first-order valence-corrected chi connectivity index (χ1v) is 7.86. The fraction of sp³-hybridized carbons (Fsp3) is 0.909. The van der Waals surface area contributed by atoms with Gasteiger partial charge >= 0.3 is 5.97 Å². The third-order valence-electron chi connectivity index (χ3n) is 3.74. The second kappa shape index (κ2) is 5.35. The lowest BCUT2D eigenvalue weighted by Gasteiger charge is -2.32. The van der Waals surface area contributed by atoms with Crippen LogP contribution in [0, 0.1) is 5.92 Å². The molecule has 0 spiro atoms. The third kappa shape index (κ3) is 3.44. The fourth-order valence-electron chi connectivity index (χ4n) is 2.47. The van der Waals surface area contributed by atoms with Crippen molar-refractivity contribution in [2.45, 2.75) is 31.7 Å². The van der Waals surface area contributed by atoms with Gasteiger partial charge in [0.2, 0.25) is 0 Å². The van der Waals surface area contributed by atoms with Gasteiger partial charge in [-0.3, -0.25) is 4.79 Å². The van der Waals surface area contributed by atoms with Gasteiger partial charge in [-0.05, 0) is 26.2 Å². The predicted octanol–water partition coefficient (Wildman–Crippen LogP) is -0.204. The van der Waals surface area contributed by atoms with E-state index < -0.39 is 27.6 Å². The monoisotopic (exact) mass is 292 g/mol. The molecule has 110 valence electrons. The molecule has 1 atom stereocenters. The molecule has 0 saturated carbocycles. The summed E-state index contributed by atoms with van der Waals surface area (Å²) in [6.07, 6.45) is 1.38. The predicted molar refractivity (Wildman–Crippen MR) is 67.8 cm³/mol. The average molecular weight is 292 g/mol. The van der Waals surface area contributed by atoms with Crippen molar-refractivity contribution in [3.05, 3.63) is 0 Å². The molecule has 1 unspecified atom stereocenters. The second-order valence-electron chi connectivity index (χ2n) is 5.48. The number of aliphatic carboxylic acids is 1. The molecule has 19 heavy (non-hydrogen) atoms. The zero-order valence-electron chi connectivity index (χ0n) is 11.0. The Labute approximate surface area is 113 Å². The van der Waals surface area contributed by atoms with Crippen molar-refractivity contribution in [1.82, 2.24) is 9.03 Å². The molecular formula is C11H20N2O5S. The van der Waals surface area contributed by atoms with Crippen LogP contribution >= 0.6 is 0 Å². The summed E-state index contributed by atoms with van der Waals surface area (Å²) in [7, 11) is -3.56. The van der Waals surface area contributed by atoms with Crippen molar-refractivity contribution in [2.75, 3.05) is 26.3 Å². The van der Waals surface area contributed by atoms with Crippen LogP contribution < -0.4 is 4.72 Å². The summed E-state index contributed by atoms with van der Waals surface area (Å²) in [4.78, 5) is 10.8. The van der Waals surface area contributed by atoms with Gasteiger partial charge in [0.25, 0.3) is 10.2 Å². The van der Waals surface area contributed by atoms with Crippen molar-refractivity contribution in [3.8, 4) is 0 Å². The second-order valence-corrected chi connectivity index (χ2v) is 7.15. The van der Waals surface area contributed by atoms with Gasteiger partial charge in [-0.15, -0.1) is 0 Å². The van der Waals surface area contributed by atoms with Crippen molar-refractivity contribution in [3.63, 3.8) is 0 Å². The van der Waals surface area contributed by atoms with Crippen LogP contribution in [0.3, 0.4) is 0 Å². The number of ether oxygens (including phenoxy) is 1. The van der Waals surface area contributed by atoms with E-state index in [1.165, 1.54) is 4.31 Å². The number of nitrogens with one attached hydrogen (secondary N) is 1. The first kappa shape index (κ1) is 14.7. The van der Waals surface area contributed by atoms with E-state index in [9.17, 15) is 13.2 Å². The molecule has 0 aromatic rings. The number of carbonyl (C=O) groups is 1. The standard InChI is InChI=1S/C11H20N2O5S/c1-11(4-7-18-8-11)12-19(16,17)13-5-2-9(3-6-13)10(14)15/h9,12H,2-8H2,1H3,(H,14,15). The molecule has 2 saturated heterocycles.